The summed E-state index contributed by atoms with van der Waals surface area (Å²) in [7, 11) is 2.98. The summed E-state index contributed by atoms with van der Waals surface area (Å²) in [6, 6.07) is 1.61. The summed E-state index contributed by atoms with van der Waals surface area (Å²) in [6.07, 6.45) is 1.39. The van der Waals surface area contributed by atoms with Crippen molar-refractivity contribution in [2.24, 2.45) is 7.05 Å². The molecule has 0 aliphatic carbocycles. The fourth-order valence-corrected chi connectivity index (χ4v) is 6.23. The lowest BCUT2D eigenvalue weighted by Crippen LogP contribution is -2.80. The molecular formula is C16H17N7O6S3. The van der Waals surface area contributed by atoms with Crippen molar-refractivity contribution >= 4 is 53.1 Å². The fourth-order valence-electron chi connectivity index (χ4n) is 3.21. The number of carboxylic acid groups (broad SMARTS) is 1. The zero-order valence-corrected chi connectivity index (χ0v) is 19.2. The first-order valence-corrected chi connectivity index (χ1v) is 12.0. The summed E-state index contributed by atoms with van der Waals surface area (Å²) in [5.41, 5.74) is -1.20. The van der Waals surface area contributed by atoms with E-state index in [1.807, 2.05) is 0 Å². The maximum Gasteiger partial charge on any atom is 0.352 e. The second-order valence-corrected chi connectivity index (χ2v) is 9.59. The highest BCUT2D eigenvalue weighted by Gasteiger charge is 2.66. The number of β-lactam (4-membered cyclic amide) rings is 1. The van der Waals surface area contributed by atoms with Gasteiger partial charge in [0.2, 0.25) is 11.1 Å². The highest BCUT2D eigenvalue weighted by atomic mass is 32.2. The van der Waals surface area contributed by atoms with E-state index >= 15 is 0 Å². The summed E-state index contributed by atoms with van der Waals surface area (Å²) >= 11 is 3.72. The van der Waals surface area contributed by atoms with Crippen LogP contribution in [0.2, 0.25) is 0 Å². The van der Waals surface area contributed by atoms with Crippen molar-refractivity contribution in [2.75, 3.05) is 24.4 Å². The summed E-state index contributed by atoms with van der Waals surface area (Å²) in [6.45, 7) is 0. The molecule has 170 valence electrons. The van der Waals surface area contributed by atoms with Crippen LogP contribution in [0.3, 0.4) is 0 Å². The van der Waals surface area contributed by atoms with E-state index in [1.165, 1.54) is 41.6 Å². The molecule has 0 aromatic carbocycles. The van der Waals surface area contributed by atoms with Crippen LogP contribution in [0.15, 0.2) is 38.3 Å². The first kappa shape index (κ1) is 22.6. The molecule has 16 heteroatoms. The van der Waals surface area contributed by atoms with Crippen LogP contribution in [-0.2, 0) is 26.2 Å². The number of aromatic nitrogens is 5. The standard InChI is InChI=1S/C16H17N7O6S3/c1-22-15(18-20-21-22)32-6-8-5-31-14-16(28-2,13(27)23(14)11(8)12(25)26)17-9(24)7-30-10-3-4-29-19-10/h3-4,14H,5-7H2,1-2H3,(H,17,24)(H,25,26)/t14-,16-/m0/s1. The zero-order valence-electron chi connectivity index (χ0n) is 16.7. The number of thioether (sulfide) groups is 3. The number of carbonyl (C=O) groups excluding carboxylic acids is 2. The smallest absolute Gasteiger partial charge is 0.352 e. The third kappa shape index (κ3) is 3.98. The first-order chi connectivity index (χ1) is 15.4. The molecule has 4 heterocycles. The molecule has 2 amide bonds. The maximum atomic E-state index is 13.1. The SMILES string of the molecule is CO[C@@]1(NC(=O)CSc2ccon2)C(=O)N2C(C(=O)O)=C(CSc3nnnn3C)CS[C@H]21. The number of carbonyl (C=O) groups is 3. The molecule has 0 unspecified atom stereocenters. The number of carboxylic acids is 1. The summed E-state index contributed by atoms with van der Waals surface area (Å²) in [5, 5.41) is 27.6. The van der Waals surface area contributed by atoms with Crippen LogP contribution in [-0.4, -0.2) is 88.6 Å². The number of ether oxygens (including phenoxy) is 1. The van der Waals surface area contributed by atoms with Crippen molar-refractivity contribution in [1.29, 1.82) is 0 Å². The lowest BCUT2D eigenvalue weighted by Gasteiger charge is -2.55. The molecule has 2 aromatic rings. The van der Waals surface area contributed by atoms with E-state index in [0.29, 0.717) is 27.3 Å². The van der Waals surface area contributed by atoms with Gasteiger partial charge in [-0.15, -0.1) is 16.9 Å². The van der Waals surface area contributed by atoms with Gasteiger partial charge in [0.25, 0.3) is 11.6 Å². The number of tetrazole rings is 1. The molecule has 0 bridgehead atoms. The van der Waals surface area contributed by atoms with Crippen LogP contribution in [0.5, 0.6) is 0 Å². The summed E-state index contributed by atoms with van der Waals surface area (Å²) in [5.74, 6) is -1.71. The van der Waals surface area contributed by atoms with Gasteiger partial charge in [0.1, 0.15) is 22.4 Å². The Hall–Kier alpha value is -2.56. The van der Waals surface area contributed by atoms with Gasteiger partial charge in [0.05, 0.1) is 5.75 Å². The highest BCUT2D eigenvalue weighted by Crippen LogP contribution is 2.47. The molecule has 32 heavy (non-hydrogen) atoms. The number of methoxy groups -OCH3 is 1. The molecule has 0 saturated carbocycles. The minimum absolute atomic E-state index is 0.0163. The van der Waals surface area contributed by atoms with Crippen LogP contribution >= 0.6 is 35.3 Å². The average molecular weight is 500 g/mol. The Morgan fingerprint density at radius 1 is 1.47 bits per heavy atom. The fraction of sp³-hybridized carbons (Fsp3) is 0.438. The van der Waals surface area contributed by atoms with Gasteiger partial charge in [0, 0.05) is 31.7 Å². The van der Waals surface area contributed by atoms with Crippen LogP contribution in [0.4, 0.5) is 0 Å². The number of aliphatic carboxylic acids is 1. The molecule has 2 aliphatic heterocycles. The third-order valence-corrected chi connectivity index (χ3v) is 8.07. The number of rotatable bonds is 9. The van der Waals surface area contributed by atoms with Crippen molar-refractivity contribution in [2.45, 2.75) is 21.3 Å². The van der Waals surface area contributed by atoms with Gasteiger partial charge < -0.3 is 19.7 Å². The average Bonchev–Trinajstić information content (AvgIpc) is 3.45. The van der Waals surface area contributed by atoms with E-state index in [1.54, 1.807) is 13.1 Å². The lowest BCUT2D eigenvalue weighted by atomic mass is 9.98. The Kier molecular flexibility index (Phi) is 6.45. The number of nitrogens with one attached hydrogen (secondary N) is 1. The topological polar surface area (TPSA) is 166 Å². The predicted octanol–water partition coefficient (Wildman–Crippen LogP) is -0.205. The Bertz CT molecular complexity index is 1070. The molecule has 2 aliphatic rings. The van der Waals surface area contributed by atoms with Crippen LogP contribution < -0.4 is 5.32 Å². The summed E-state index contributed by atoms with van der Waals surface area (Å²) in [4.78, 5) is 38.7. The maximum absolute atomic E-state index is 13.1. The molecule has 4 rings (SSSR count). The van der Waals surface area contributed by atoms with Gasteiger partial charge >= 0.3 is 5.97 Å². The Balaban J connectivity index is 1.49. The van der Waals surface area contributed by atoms with Crippen molar-refractivity contribution in [3.8, 4) is 0 Å². The van der Waals surface area contributed by atoms with Crippen LogP contribution in [0.1, 0.15) is 0 Å². The molecular weight excluding hydrogens is 482 g/mol. The van der Waals surface area contributed by atoms with Gasteiger partial charge in [-0.2, -0.15) is 0 Å². The monoisotopic (exact) mass is 499 g/mol. The number of hydrogen-bond donors (Lipinski definition) is 2. The number of nitrogens with zero attached hydrogens (tertiary/aromatic N) is 6. The molecule has 1 saturated heterocycles. The molecule has 2 N–H and O–H groups in total. The Morgan fingerprint density at radius 2 is 2.28 bits per heavy atom. The number of amides is 2. The molecule has 2 atom stereocenters. The van der Waals surface area contributed by atoms with E-state index in [0.717, 1.165) is 16.7 Å². The van der Waals surface area contributed by atoms with Gasteiger partial charge in [-0.1, -0.05) is 28.7 Å². The van der Waals surface area contributed by atoms with E-state index in [9.17, 15) is 19.5 Å². The predicted molar refractivity (Wildman–Crippen MR) is 112 cm³/mol. The van der Waals surface area contributed by atoms with Gasteiger partial charge in [-0.3, -0.25) is 14.5 Å². The van der Waals surface area contributed by atoms with Gasteiger partial charge in [0.15, 0.2) is 0 Å². The third-order valence-electron chi connectivity index (χ3n) is 4.68. The second kappa shape index (κ2) is 9.13. The molecule has 1 fully saturated rings. The first-order valence-electron chi connectivity index (χ1n) is 9.02. The van der Waals surface area contributed by atoms with Crippen molar-refractivity contribution in [1.82, 2.24) is 35.6 Å². The number of hydrogen-bond acceptors (Lipinski definition) is 12. The number of aryl methyl sites for hydroxylation is 1. The Morgan fingerprint density at radius 3 is 2.91 bits per heavy atom. The molecule has 0 spiro atoms. The van der Waals surface area contributed by atoms with Crippen LogP contribution in [0, 0.1) is 0 Å². The quantitative estimate of drug-likeness (QED) is 0.265. The van der Waals surface area contributed by atoms with E-state index < -0.39 is 28.9 Å². The van der Waals surface area contributed by atoms with Crippen molar-refractivity contribution in [3.05, 3.63) is 23.6 Å². The summed E-state index contributed by atoms with van der Waals surface area (Å²) < 4.78 is 11.6. The van der Waals surface area contributed by atoms with Gasteiger partial charge in [-0.25, -0.2) is 9.48 Å². The van der Waals surface area contributed by atoms with Crippen molar-refractivity contribution in [3.63, 3.8) is 0 Å². The Labute approximate surface area is 193 Å². The van der Waals surface area contributed by atoms with E-state index in [4.69, 9.17) is 9.26 Å². The normalized spacial score (nSPS) is 22.5. The minimum atomic E-state index is -1.64. The second-order valence-electron chi connectivity index (χ2n) is 6.58. The van der Waals surface area contributed by atoms with E-state index in [2.05, 4.69) is 26.0 Å². The molecule has 13 nitrogen and oxygen atoms in total. The highest BCUT2D eigenvalue weighted by molar-refractivity contribution is 8.01. The van der Waals surface area contributed by atoms with Gasteiger partial charge in [-0.05, 0) is 16.0 Å². The van der Waals surface area contributed by atoms with Crippen molar-refractivity contribution < 1.29 is 28.8 Å². The molecule has 0 radical (unpaired) electrons. The minimum Gasteiger partial charge on any atom is -0.477 e. The zero-order chi connectivity index (χ0) is 22.9. The number of fused-ring (bicyclic) bond motifs is 1. The molecule has 2 aromatic heterocycles. The lowest BCUT2D eigenvalue weighted by molar-refractivity contribution is -0.192. The van der Waals surface area contributed by atoms with E-state index in [-0.39, 0.29) is 11.4 Å². The largest absolute Gasteiger partial charge is 0.477 e. The van der Waals surface area contributed by atoms with Crippen LogP contribution in [0.25, 0.3) is 0 Å².